The summed E-state index contributed by atoms with van der Waals surface area (Å²) in [6.07, 6.45) is 40.2. The van der Waals surface area contributed by atoms with E-state index in [4.69, 9.17) is 0 Å². The van der Waals surface area contributed by atoms with E-state index < -0.39 is 0 Å². The highest BCUT2D eigenvalue weighted by molar-refractivity contribution is 4.80. The fourth-order valence-corrected chi connectivity index (χ4v) is 6.30. The van der Waals surface area contributed by atoms with Crippen LogP contribution in [0.1, 0.15) is 214 Å². The maximum Gasteiger partial charge on any atom is 0.00981 e. The summed E-state index contributed by atoms with van der Waals surface area (Å²) in [7, 11) is 0. The minimum absolute atomic E-state index is 0.825. The molecular weight excluding hydrogens is 446 g/mol. The fraction of sp³-hybridized carbons (Fsp3) is 1.00. The molecule has 1 nitrogen and oxygen atoms in total. The van der Waals surface area contributed by atoms with Crippen LogP contribution in [0.5, 0.6) is 0 Å². The minimum atomic E-state index is 0.825. The van der Waals surface area contributed by atoms with Crippen molar-refractivity contribution in [2.75, 3.05) is 6.54 Å². The standard InChI is InChI=1S/C36H75N/c1-6-11-15-18-19-20-21-22-23-24-26-30-34-37(35(10-5)31-27-14-9-4)36(32-28-17-13-8-3)33-29-25-16-12-7-2/h35-36H,6-34H2,1-5H3. The van der Waals surface area contributed by atoms with Gasteiger partial charge in [0, 0.05) is 12.1 Å². The van der Waals surface area contributed by atoms with Crippen molar-refractivity contribution in [1.82, 2.24) is 4.90 Å². The Balaban J connectivity index is 4.68. The van der Waals surface area contributed by atoms with Gasteiger partial charge in [0.15, 0.2) is 0 Å². The Morgan fingerprint density at radius 1 is 0.324 bits per heavy atom. The lowest BCUT2D eigenvalue weighted by Crippen LogP contribution is -2.44. The summed E-state index contributed by atoms with van der Waals surface area (Å²) in [5, 5.41) is 0. The van der Waals surface area contributed by atoms with Crippen molar-refractivity contribution < 1.29 is 0 Å². The highest BCUT2D eigenvalue weighted by Crippen LogP contribution is 2.25. The first kappa shape index (κ1) is 37.0. The van der Waals surface area contributed by atoms with Gasteiger partial charge in [-0.3, -0.25) is 4.90 Å². The molecular formula is C36H75N. The van der Waals surface area contributed by atoms with Crippen molar-refractivity contribution in [2.24, 2.45) is 0 Å². The molecule has 0 bridgehead atoms. The third-order valence-electron chi connectivity index (χ3n) is 8.85. The molecule has 0 radical (unpaired) electrons. The third-order valence-corrected chi connectivity index (χ3v) is 8.85. The molecule has 0 rings (SSSR count). The van der Waals surface area contributed by atoms with Gasteiger partial charge >= 0.3 is 0 Å². The summed E-state index contributed by atoms with van der Waals surface area (Å²) in [6.45, 7) is 13.2. The molecule has 0 aliphatic heterocycles. The molecule has 0 aromatic rings. The molecule has 0 heterocycles. The van der Waals surface area contributed by atoms with Crippen LogP contribution in [-0.4, -0.2) is 23.5 Å². The van der Waals surface area contributed by atoms with Gasteiger partial charge < -0.3 is 0 Å². The highest BCUT2D eigenvalue weighted by atomic mass is 15.2. The third kappa shape index (κ3) is 23.6. The number of nitrogens with zero attached hydrogens (tertiary/aromatic N) is 1. The van der Waals surface area contributed by atoms with Crippen LogP contribution in [0.25, 0.3) is 0 Å². The number of hydrogen-bond donors (Lipinski definition) is 0. The van der Waals surface area contributed by atoms with Crippen molar-refractivity contribution in [3.63, 3.8) is 0 Å². The molecule has 0 saturated carbocycles. The molecule has 1 heteroatoms. The molecule has 0 aliphatic carbocycles. The molecule has 0 fully saturated rings. The van der Waals surface area contributed by atoms with Gasteiger partial charge in [0.25, 0.3) is 0 Å². The van der Waals surface area contributed by atoms with Gasteiger partial charge in [0.2, 0.25) is 0 Å². The lowest BCUT2D eigenvalue weighted by atomic mass is 9.95. The molecule has 224 valence electrons. The Labute approximate surface area is 237 Å². The van der Waals surface area contributed by atoms with E-state index >= 15 is 0 Å². The van der Waals surface area contributed by atoms with Gasteiger partial charge in [-0.15, -0.1) is 0 Å². The summed E-state index contributed by atoms with van der Waals surface area (Å²) in [6, 6.07) is 1.67. The normalized spacial score (nSPS) is 13.5. The minimum Gasteiger partial charge on any atom is -0.297 e. The fourth-order valence-electron chi connectivity index (χ4n) is 6.30. The molecule has 0 amide bonds. The Hall–Kier alpha value is -0.0400. The monoisotopic (exact) mass is 522 g/mol. The summed E-state index contributed by atoms with van der Waals surface area (Å²) in [5.74, 6) is 0. The van der Waals surface area contributed by atoms with Crippen LogP contribution in [0.4, 0.5) is 0 Å². The van der Waals surface area contributed by atoms with Gasteiger partial charge in [-0.05, 0) is 38.6 Å². The molecule has 0 aromatic carbocycles. The molecule has 0 aromatic heterocycles. The van der Waals surface area contributed by atoms with Crippen LogP contribution < -0.4 is 0 Å². The molecule has 2 unspecified atom stereocenters. The first-order valence-corrected chi connectivity index (χ1v) is 18.0. The summed E-state index contributed by atoms with van der Waals surface area (Å²) in [5.41, 5.74) is 0. The lowest BCUT2D eigenvalue weighted by Gasteiger charge is -2.39. The van der Waals surface area contributed by atoms with Crippen molar-refractivity contribution in [2.45, 2.75) is 226 Å². The van der Waals surface area contributed by atoms with Crippen molar-refractivity contribution in [1.29, 1.82) is 0 Å². The Kier molecular flexibility index (Phi) is 30.5. The second kappa shape index (κ2) is 30.5. The van der Waals surface area contributed by atoms with Gasteiger partial charge in [0.05, 0.1) is 0 Å². The average molecular weight is 522 g/mol. The number of rotatable bonds is 31. The predicted octanol–water partition coefficient (Wildman–Crippen LogP) is 13.0. The number of unbranched alkanes of at least 4 members (excludes halogenated alkanes) is 20. The Morgan fingerprint density at radius 2 is 0.622 bits per heavy atom. The summed E-state index contributed by atoms with van der Waals surface area (Å²) < 4.78 is 0. The molecule has 0 aliphatic rings. The largest absolute Gasteiger partial charge is 0.297 e. The average Bonchev–Trinajstić information content (AvgIpc) is 2.91. The number of hydrogen-bond acceptors (Lipinski definition) is 1. The molecule has 0 spiro atoms. The van der Waals surface area contributed by atoms with E-state index in [2.05, 4.69) is 39.5 Å². The first-order valence-electron chi connectivity index (χ1n) is 18.0. The van der Waals surface area contributed by atoms with E-state index in [0.29, 0.717) is 0 Å². The topological polar surface area (TPSA) is 3.24 Å². The second-order valence-corrected chi connectivity index (χ2v) is 12.4. The van der Waals surface area contributed by atoms with Gasteiger partial charge in [-0.1, -0.05) is 182 Å². The molecule has 0 N–H and O–H groups in total. The van der Waals surface area contributed by atoms with Gasteiger partial charge in [-0.2, -0.15) is 0 Å². The van der Waals surface area contributed by atoms with Crippen LogP contribution in [0.3, 0.4) is 0 Å². The highest BCUT2D eigenvalue weighted by Gasteiger charge is 2.24. The molecule has 2 atom stereocenters. The zero-order valence-electron chi connectivity index (χ0n) is 27.1. The van der Waals surface area contributed by atoms with E-state index in [1.54, 1.807) is 0 Å². The van der Waals surface area contributed by atoms with Crippen molar-refractivity contribution >= 4 is 0 Å². The summed E-state index contributed by atoms with van der Waals surface area (Å²) >= 11 is 0. The smallest absolute Gasteiger partial charge is 0.00981 e. The van der Waals surface area contributed by atoms with Crippen LogP contribution in [0.15, 0.2) is 0 Å². The van der Waals surface area contributed by atoms with Crippen LogP contribution in [0.2, 0.25) is 0 Å². The van der Waals surface area contributed by atoms with E-state index in [0.717, 1.165) is 12.1 Å². The second-order valence-electron chi connectivity index (χ2n) is 12.4. The first-order chi connectivity index (χ1) is 18.2. The zero-order valence-corrected chi connectivity index (χ0v) is 27.1. The van der Waals surface area contributed by atoms with Crippen LogP contribution >= 0.6 is 0 Å². The molecule has 37 heavy (non-hydrogen) atoms. The van der Waals surface area contributed by atoms with Crippen molar-refractivity contribution in [3.05, 3.63) is 0 Å². The summed E-state index contributed by atoms with van der Waals surface area (Å²) in [4.78, 5) is 3.07. The predicted molar refractivity (Wildman–Crippen MR) is 172 cm³/mol. The lowest BCUT2D eigenvalue weighted by molar-refractivity contribution is 0.101. The Morgan fingerprint density at radius 3 is 1.05 bits per heavy atom. The Bertz CT molecular complexity index is 405. The van der Waals surface area contributed by atoms with Crippen LogP contribution in [0, 0.1) is 0 Å². The van der Waals surface area contributed by atoms with Gasteiger partial charge in [-0.25, -0.2) is 0 Å². The van der Waals surface area contributed by atoms with E-state index in [-0.39, 0.29) is 0 Å². The zero-order chi connectivity index (χ0) is 27.2. The molecule has 0 saturated heterocycles. The van der Waals surface area contributed by atoms with Gasteiger partial charge in [0.1, 0.15) is 0 Å². The quantitative estimate of drug-likeness (QED) is 0.0820. The van der Waals surface area contributed by atoms with Crippen LogP contribution in [-0.2, 0) is 0 Å². The van der Waals surface area contributed by atoms with Crippen molar-refractivity contribution in [3.8, 4) is 0 Å². The maximum atomic E-state index is 3.07. The maximum absolute atomic E-state index is 3.07. The van der Waals surface area contributed by atoms with E-state index in [1.165, 1.54) is 186 Å². The van der Waals surface area contributed by atoms with E-state index in [1.807, 2.05) is 0 Å². The SMILES string of the molecule is CCCCCCCCCCCCCCN(C(CC)CCCCC)C(CCCCCC)CCCCCCC. The van der Waals surface area contributed by atoms with E-state index in [9.17, 15) is 0 Å².